The van der Waals surface area contributed by atoms with Gasteiger partial charge in [-0.1, -0.05) is 24.3 Å². The number of sulfonamides is 1. The maximum absolute atomic E-state index is 13.2. The van der Waals surface area contributed by atoms with E-state index in [1.807, 2.05) is 37.3 Å². The number of anilines is 1. The average molecular weight is 430 g/mol. The Bertz CT molecular complexity index is 971. The van der Waals surface area contributed by atoms with Crippen molar-refractivity contribution in [2.45, 2.75) is 30.7 Å². The first-order chi connectivity index (χ1) is 14.5. The highest BCUT2D eigenvalue weighted by Crippen LogP contribution is 2.30. The van der Waals surface area contributed by atoms with Gasteiger partial charge in [-0.2, -0.15) is 4.31 Å². The van der Waals surface area contributed by atoms with E-state index in [4.69, 9.17) is 4.74 Å². The second-order valence-electron chi connectivity index (χ2n) is 8.19. The zero-order valence-corrected chi connectivity index (χ0v) is 18.6. The van der Waals surface area contributed by atoms with Crippen LogP contribution in [-0.2, 0) is 10.0 Å². The molecular formula is C23H31N3O3S. The van der Waals surface area contributed by atoms with Gasteiger partial charge in [-0.3, -0.25) is 4.90 Å². The van der Waals surface area contributed by atoms with Crippen molar-refractivity contribution in [2.24, 2.45) is 0 Å². The molecule has 2 aromatic rings. The fourth-order valence-electron chi connectivity index (χ4n) is 4.58. The summed E-state index contributed by atoms with van der Waals surface area (Å²) in [5, 5.41) is 0. The fraction of sp³-hybridized carbons (Fsp3) is 0.478. The molecule has 2 aliphatic rings. The lowest BCUT2D eigenvalue weighted by Gasteiger charge is -2.38. The summed E-state index contributed by atoms with van der Waals surface area (Å²) in [6, 6.07) is 15.4. The summed E-state index contributed by atoms with van der Waals surface area (Å²) in [7, 11) is -1.74. The Morgan fingerprint density at radius 1 is 1.00 bits per heavy atom. The van der Waals surface area contributed by atoms with Gasteiger partial charge in [0.2, 0.25) is 10.0 Å². The molecule has 0 aliphatic carbocycles. The van der Waals surface area contributed by atoms with Crippen LogP contribution in [0.2, 0.25) is 0 Å². The molecule has 0 amide bonds. The minimum Gasteiger partial charge on any atom is -0.495 e. The van der Waals surface area contributed by atoms with E-state index >= 15 is 0 Å². The first kappa shape index (κ1) is 21.2. The molecule has 4 rings (SSSR count). The van der Waals surface area contributed by atoms with E-state index in [1.54, 1.807) is 23.5 Å². The van der Waals surface area contributed by atoms with Crippen molar-refractivity contribution in [1.29, 1.82) is 0 Å². The predicted octanol–water partition coefficient (Wildman–Crippen LogP) is 2.98. The van der Waals surface area contributed by atoms with Gasteiger partial charge in [0.05, 0.1) is 17.7 Å². The Morgan fingerprint density at radius 2 is 1.77 bits per heavy atom. The monoisotopic (exact) mass is 429 g/mol. The molecule has 2 saturated heterocycles. The molecule has 1 unspecified atom stereocenters. The number of piperazine rings is 1. The van der Waals surface area contributed by atoms with Gasteiger partial charge in [-0.05, 0) is 49.6 Å². The van der Waals surface area contributed by atoms with Gasteiger partial charge >= 0.3 is 0 Å². The first-order valence-corrected chi connectivity index (χ1v) is 12.1. The highest BCUT2D eigenvalue weighted by Gasteiger charge is 2.36. The van der Waals surface area contributed by atoms with Gasteiger partial charge in [-0.15, -0.1) is 0 Å². The lowest BCUT2D eigenvalue weighted by molar-refractivity contribution is 0.209. The van der Waals surface area contributed by atoms with Crippen molar-refractivity contribution in [3.05, 3.63) is 54.1 Å². The third-order valence-corrected chi connectivity index (χ3v) is 8.13. The number of rotatable bonds is 6. The topological polar surface area (TPSA) is 53.1 Å². The molecule has 1 atom stereocenters. The Hall–Kier alpha value is -2.09. The highest BCUT2D eigenvalue weighted by molar-refractivity contribution is 7.89. The van der Waals surface area contributed by atoms with Gasteiger partial charge in [0.1, 0.15) is 5.75 Å². The zero-order chi connectivity index (χ0) is 21.1. The van der Waals surface area contributed by atoms with Crippen LogP contribution in [0, 0.1) is 6.92 Å². The molecule has 7 heteroatoms. The van der Waals surface area contributed by atoms with Crippen LogP contribution in [0.4, 0.5) is 5.69 Å². The van der Waals surface area contributed by atoms with E-state index in [2.05, 4.69) is 15.9 Å². The van der Waals surface area contributed by atoms with Crippen LogP contribution in [0.5, 0.6) is 5.75 Å². The number of nitrogens with zero attached hydrogens (tertiary/aromatic N) is 3. The molecule has 0 radical (unpaired) electrons. The predicted molar refractivity (Wildman–Crippen MR) is 120 cm³/mol. The van der Waals surface area contributed by atoms with Crippen LogP contribution in [0.15, 0.2) is 53.4 Å². The third kappa shape index (κ3) is 4.33. The minimum atomic E-state index is -3.44. The maximum atomic E-state index is 13.2. The SMILES string of the molecule is COc1ccccc1N1CCN(CC2CCCN2S(=O)(=O)c2cccc(C)c2)CC1. The van der Waals surface area contributed by atoms with E-state index in [-0.39, 0.29) is 6.04 Å². The second kappa shape index (κ2) is 8.96. The van der Waals surface area contributed by atoms with E-state index in [0.717, 1.165) is 62.6 Å². The van der Waals surface area contributed by atoms with Crippen molar-refractivity contribution in [3.8, 4) is 5.75 Å². The Kier molecular flexibility index (Phi) is 6.32. The molecule has 30 heavy (non-hydrogen) atoms. The summed E-state index contributed by atoms with van der Waals surface area (Å²) in [4.78, 5) is 5.17. The van der Waals surface area contributed by atoms with Crippen LogP contribution in [0.25, 0.3) is 0 Å². The fourth-order valence-corrected chi connectivity index (χ4v) is 6.37. The van der Waals surface area contributed by atoms with Crippen molar-refractivity contribution >= 4 is 15.7 Å². The van der Waals surface area contributed by atoms with E-state index < -0.39 is 10.0 Å². The molecule has 2 aromatic carbocycles. The normalized spacial score (nSPS) is 21.1. The van der Waals surface area contributed by atoms with Crippen LogP contribution in [0.3, 0.4) is 0 Å². The molecule has 2 aliphatic heterocycles. The third-order valence-electron chi connectivity index (χ3n) is 6.19. The second-order valence-corrected chi connectivity index (χ2v) is 10.1. The summed E-state index contributed by atoms with van der Waals surface area (Å²) in [6.45, 7) is 7.02. The average Bonchev–Trinajstić information content (AvgIpc) is 3.23. The van der Waals surface area contributed by atoms with Crippen LogP contribution < -0.4 is 9.64 Å². The smallest absolute Gasteiger partial charge is 0.243 e. The van der Waals surface area contributed by atoms with Gasteiger partial charge in [-0.25, -0.2) is 8.42 Å². The minimum absolute atomic E-state index is 0.0494. The molecule has 0 aromatic heterocycles. The number of hydrogen-bond donors (Lipinski definition) is 0. The lowest BCUT2D eigenvalue weighted by Crippen LogP contribution is -2.51. The highest BCUT2D eigenvalue weighted by atomic mass is 32.2. The summed E-state index contributed by atoms with van der Waals surface area (Å²) in [5.74, 6) is 0.900. The van der Waals surface area contributed by atoms with E-state index in [0.29, 0.717) is 11.4 Å². The number of aryl methyl sites for hydroxylation is 1. The molecule has 162 valence electrons. The quantitative estimate of drug-likeness (QED) is 0.707. The summed E-state index contributed by atoms with van der Waals surface area (Å²) in [6.07, 6.45) is 1.86. The van der Waals surface area contributed by atoms with Crippen LogP contribution in [-0.4, -0.2) is 70.0 Å². The number of hydrogen-bond acceptors (Lipinski definition) is 5. The summed E-state index contributed by atoms with van der Waals surface area (Å²) >= 11 is 0. The van der Waals surface area contributed by atoms with Crippen LogP contribution in [0.1, 0.15) is 18.4 Å². The Morgan fingerprint density at radius 3 is 2.50 bits per heavy atom. The summed E-state index contributed by atoms with van der Waals surface area (Å²) in [5.41, 5.74) is 2.10. The molecule has 0 bridgehead atoms. The molecule has 0 spiro atoms. The van der Waals surface area contributed by atoms with Gasteiger partial charge in [0.15, 0.2) is 0 Å². The van der Waals surface area contributed by atoms with Crippen molar-refractivity contribution in [1.82, 2.24) is 9.21 Å². The molecule has 0 saturated carbocycles. The number of ether oxygens (including phenoxy) is 1. The zero-order valence-electron chi connectivity index (χ0n) is 17.8. The summed E-state index contributed by atoms with van der Waals surface area (Å²) < 4.78 is 33.7. The van der Waals surface area contributed by atoms with E-state index in [9.17, 15) is 8.42 Å². The first-order valence-electron chi connectivity index (χ1n) is 10.7. The molecule has 6 nitrogen and oxygen atoms in total. The number of para-hydroxylation sites is 2. The molecule has 0 N–H and O–H groups in total. The molecule has 2 heterocycles. The maximum Gasteiger partial charge on any atom is 0.243 e. The van der Waals surface area contributed by atoms with Crippen molar-refractivity contribution in [3.63, 3.8) is 0 Å². The van der Waals surface area contributed by atoms with Crippen LogP contribution >= 0.6 is 0 Å². The standard InChI is InChI=1S/C23H31N3O3S/c1-19-7-5-9-21(17-19)30(27,28)26-12-6-8-20(26)18-24-13-15-25(16-14-24)22-10-3-4-11-23(22)29-2/h3-5,7,9-11,17,20H,6,8,12-16,18H2,1-2H3. The van der Waals surface area contributed by atoms with E-state index in [1.165, 1.54) is 0 Å². The van der Waals surface area contributed by atoms with Gasteiger partial charge in [0, 0.05) is 45.3 Å². The van der Waals surface area contributed by atoms with Gasteiger partial charge < -0.3 is 9.64 Å². The number of methoxy groups -OCH3 is 1. The van der Waals surface area contributed by atoms with Gasteiger partial charge in [0.25, 0.3) is 0 Å². The van der Waals surface area contributed by atoms with Crippen molar-refractivity contribution < 1.29 is 13.2 Å². The number of benzene rings is 2. The molecular weight excluding hydrogens is 398 g/mol. The Balaban J connectivity index is 1.40. The van der Waals surface area contributed by atoms with Crippen molar-refractivity contribution in [2.75, 3.05) is 51.3 Å². The Labute approximate surface area is 180 Å². The molecule has 2 fully saturated rings. The lowest BCUT2D eigenvalue weighted by atomic mass is 10.2. The largest absolute Gasteiger partial charge is 0.495 e.